The predicted octanol–water partition coefficient (Wildman–Crippen LogP) is 15.4. The Kier molecular flexibility index (Phi) is 61.8. The summed E-state index contributed by atoms with van der Waals surface area (Å²) in [6.45, 7) is 1.60. The lowest BCUT2D eigenvalue weighted by Crippen LogP contribution is -2.66. The van der Waals surface area contributed by atoms with Gasteiger partial charge in [-0.25, -0.2) is 0 Å². The standard InChI is InChI=1S/C90H151NO18/c1-3-5-7-9-11-13-15-17-19-21-23-25-27-29-31-32-33-34-35-36-37-38-39-40-42-44-46-48-50-52-54-56-58-60-62-64-66-68-78(96)91-73(74(95)67-65-63-61-59-57-55-53-51-49-47-45-43-41-30-28-26-24-22-20-18-16-14-12-10-8-6-4-2)72-104-88-84(102)81(99)86(76(70-93)106-88)109-90-85(103)82(100)87(77(71-94)107-90)108-89-83(101)80(98)79(97)75(69-92)105-89/h5,7,11,13,17,19,23,25,29,31,33-34,36-37,39-40,44,46,49,51,57,59,65,67,73-77,79-90,92-95,97-103H,3-4,6,8-10,12,14-16,18,20-22,24,26-28,30,32,35,38,41-43,45,47-48,50,52-56,58,60-64,66,68-72H2,1-2H3,(H,91,96)/b7-5-,13-11-,19-17-,25-23-,31-29-,34-33-,37-36-,40-39-,46-44-,51-49+,59-57+,67-65+. The highest BCUT2D eigenvalue weighted by atomic mass is 16.8. The summed E-state index contributed by atoms with van der Waals surface area (Å²) in [4.78, 5) is 13.5. The summed E-state index contributed by atoms with van der Waals surface area (Å²) >= 11 is 0. The highest BCUT2D eigenvalue weighted by Crippen LogP contribution is 2.33. The molecule has 0 aliphatic carbocycles. The molecule has 17 unspecified atom stereocenters. The van der Waals surface area contributed by atoms with E-state index in [0.717, 1.165) is 116 Å². The van der Waals surface area contributed by atoms with E-state index in [2.05, 4.69) is 153 Å². The van der Waals surface area contributed by atoms with Crippen molar-refractivity contribution in [3.8, 4) is 0 Å². The number of unbranched alkanes of at least 4 members (excludes halogenated alkanes) is 28. The number of hydrogen-bond acceptors (Lipinski definition) is 18. The number of carbonyl (C=O) groups is 1. The van der Waals surface area contributed by atoms with Crippen molar-refractivity contribution in [2.75, 3.05) is 26.4 Å². The van der Waals surface area contributed by atoms with Crippen molar-refractivity contribution in [3.63, 3.8) is 0 Å². The van der Waals surface area contributed by atoms with Gasteiger partial charge >= 0.3 is 0 Å². The molecule has 3 saturated heterocycles. The topological polar surface area (TPSA) is 307 Å². The molecule has 0 spiro atoms. The molecule has 1 amide bonds. The van der Waals surface area contributed by atoms with Crippen LogP contribution in [0.3, 0.4) is 0 Å². The lowest BCUT2D eigenvalue weighted by molar-refractivity contribution is -0.379. The second-order valence-corrected chi connectivity index (χ2v) is 29.5. The highest BCUT2D eigenvalue weighted by molar-refractivity contribution is 5.76. The molecular formula is C90H151NO18. The van der Waals surface area contributed by atoms with E-state index in [-0.39, 0.29) is 18.9 Å². The van der Waals surface area contributed by atoms with Crippen molar-refractivity contribution in [3.05, 3.63) is 146 Å². The zero-order valence-electron chi connectivity index (χ0n) is 67.0. The van der Waals surface area contributed by atoms with Crippen molar-refractivity contribution >= 4 is 5.91 Å². The molecule has 0 saturated carbocycles. The Bertz CT molecular complexity index is 2540. The lowest BCUT2D eigenvalue weighted by Gasteiger charge is -2.48. The van der Waals surface area contributed by atoms with Crippen LogP contribution in [0.5, 0.6) is 0 Å². The maximum absolute atomic E-state index is 13.5. The molecule has 0 aromatic rings. The molecule has 0 aromatic heterocycles. The van der Waals surface area contributed by atoms with Gasteiger partial charge in [-0.3, -0.25) is 4.79 Å². The van der Waals surface area contributed by atoms with E-state index < -0.39 is 124 Å². The first-order valence-corrected chi connectivity index (χ1v) is 42.6. The van der Waals surface area contributed by atoms with Crippen LogP contribution in [0.4, 0.5) is 0 Å². The van der Waals surface area contributed by atoms with Gasteiger partial charge in [0.2, 0.25) is 5.91 Å². The largest absolute Gasteiger partial charge is 0.394 e. The van der Waals surface area contributed by atoms with Gasteiger partial charge in [0.1, 0.15) is 73.2 Å². The number of carbonyl (C=O) groups excluding carboxylic acids is 1. The summed E-state index contributed by atoms with van der Waals surface area (Å²) in [5, 5.41) is 121. The zero-order chi connectivity index (χ0) is 78.8. The van der Waals surface area contributed by atoms with E-state index in [1.165, 1.54) is 135 Å². The van der Waals surface area contributed by atoms with Crippen LogP contribution >= 0.6 is 0 Å². The molecule has 12 N–H and O–H groups in total. The molecule has 109 heavy (non-hydrogen) atoms. The lowest BCUT2D eigenvalue weighted by atomic mass is 9.96. The van der Waals surface area contributed by atoms with Crippen molar-refractivity contribution < 1.29 is 89.4 Å². The Labute approximate surface area is 657 Å². The van der Waals surface area contributed by atoms with Crippen molar-refractivity contribution in [1.82, 2.24) is 5.32 Å². The molecule has 624 valence electrons. The SMILES string of the molecule is CC/C=C\C/C=C\C/C=C\C/C=C\C/C=C\C/C=C\C/C=C\C/C=C\C/C=C\CCCCCCCCCCCC(=O)NC(COC1OC(CO)C(OC2OC(CO)C(OC3OC(CO)C(O)C(O)C3O)C(O)C2O)C(O)C1O)C(O)/C=C/CC/C=C/CC/C=C/CCCCCCCCCCCCCCCCCCC. The fourth-order valence-corrected chi connectivity index (χ4v) is 13.3. The number of hydrogen-bond donors (Lipinski definition) is 12. The van der Waals surface area contributed by atoms with Gasteiger partial charge in [0.15, 0.2) is 18.9 Å². The monoisotopic (exact) mass is 1530 g/mol. The Morgan fingerprint density at radius 1 is 0.339 bits per heavy atom. The summed E-state index contributed by atoms with van der Waals surface area (Å²) in [5.74, 6) is -0.300. The zero-order valence-corrected chi connectivity index (χ0v) is 67.0. The van der Waals surface area contributed by atoms with Crippen LogP contribution in [0.15, 0.2) is 146 Å². The second kappa shape index (κ2) is 68.1. The molecule has 17 atom stereocenters. The molecular weight excluding hydrogens is 1380 g/mol. The van der Waals surface area contributed by atoms with Crippen molar-refractivity contribution in [1.29, 1.82) is 0 Å². The Balaban J connectivity index is 1.38. The quantitative estimate of drug-likeness (QED) is 0.0199. The smallest absolute Gasteiger partial charge is 0.220 e. The van der Waals surface area contributed by atoms with E-state index in [0.29, 0.717) is 12.8 Å². The Hall–Kier alpha value is -4.33. The number of aliphatic hydroxyl groups is 11. The molecule has 3 aliphatic heterocycles. The van der Waals surface area contributed by atoms with Crippen molar-refractivity contribution in [2.24, 2.45) is 0 Å². The van der Waals surface area contributed by atoms with Gasteiger partial charge in [0, 0.05) is 6.42 Å². The van der Waals surface area contributed by atoms with Gasteiger partial charge in [-0.2, -0.15) is 0 Å². The molecule has 3 heterocycles. The van der Waals surface area contributed by atoms with Crippen molar-refractivity contribution in [2.45, 2.75) is 388 Å². The Morgan fingerprint density at radius 3 is 1.03 bits per heavy atom. The number of amides is 1. The minimum absolute atomic E-state index is 0.215. The third-order valence-corrected chi connectivity index (χ3v) is 20.1. The van der Waals surface area contributed by atoms with Crippen LogP contribution < -0.4 is 5.32 Å². The summed E-state index contributed by atoms with van der Waals surface area (Å²) in [6, 6.07) is -1.01. The molecule has 19 nitrogen and oxygen atoms in total. The molecule has 19 heteroatoms. The molecule has 0 bridgehead atoms. The Morgan fingerprint density at radius 2 is 0.642 bits per heavy atom. The van der Waals surface area contributed by atoms with E-state index in [9.17, 15) is 61.0 Å². The summed E-state index contributed by atoms with van der Waals surface area (Å²) in [6.07, 6.45) is 72.6. The predicted molar refractivity (Wildman–Crippen MR) is 438 cm³/mol. The van der Waals surface area contributed by atoms with Crippen LogP contribution in [-0.4, -0.2) is 193 Å². The van der Waals surface area contributed by atoms with Gasteiger partial charge in [-0.15, -0.1) is 0 Å². The maximum Gasteiger partial charge on any atom is 0.220 e. The van der Waals surface area contributed by atoms with Crippen LogP contribution in [0.1, 0.15) is 284 Å². The fraction of sp³-hybridized carbons (Fsp3) is 0.722. The average molecular weight is 1540 g/mol. The molecule has 3 aliphatic rings. The van der Waals surface area contributed by atoms with Crippen LogP contribution in [-0.2, 0) is 33.2 Å². The van der Waals surface area contributed by atoms with E-state index in [1.807, 2.05) is 6.08 Å². The fourth-order valence-electron chi connectivity index (χ4n) is 13.3. The second-order valence-electron chi connectivity index (χ2n) is 29.5. The number of ether oxygens (including phenoxy) is 6. The van der Waals surface area contributed by atoms with Crippen LogP contribution in [0.25, 0.3) is 0 Å². The van der Waals surface area contributed by atoms with Gasteiger partial charge in [-0.1, -0.05) is 307 Å². The molecule has 0 radical (unpaired) electrons. The van der Waals surface area contributed by atoms with Crippen LogP contribution in [0.2, 0.25) is 0 Å². The number of nitrogens with one attached hydrogen (secondary N) is 1. The summed E-state index contributed by atoms with van der Waals surface area (Å²) < 4.78 is 34.4. The summed E-state index contributed by atoms with van der Waals surface area (Å²) in [7, 11) is 0. The van der Waals surface area contributed by atoms with Gasteiger partial charge in [-0.05, 0) is 116 Å². The minimum Gasteiger partial charge on any atom is -0.394 e. The number of aliphatic hydroxyl groups excluding tert-OH is 11. The summed E-state index contributed by atoms with van der Waals surface area (Å²) in [5.41, 5.74) is 0. The third-order valence-electron chi connectivity index (χ3n) is 20.1. The highest BCUT2D eigenvalue weighted by Gasteiger charge is 2.54. The minimum atomic E-state index is -1.99. The first kappa shape index (κ1) is 98.9. The maximum atomic E-state index is 13.5. The van der Waals surface area contributed by atoms with Gasteiger partial charge < -0.3 is 89.9 Å². The first-order valence-electron chi connectivity index (χ1n) is 42.6. The van der Waals surface area contributed by atoms with Crippen LogP contribution in [0, 0.1) is 0 Å². The van der Waals surface area contributed by atoms with Gasteiger partial charge in [0.25, 0.3) is 0 Å². The van der Waals surface area contributed by atoms with E-state index >= 15 is 0 Å². The van der Waals surface area contributed by atoms with Gasteiger partial charge in [0.05, 0.1) is 38.6 Å². The number of rotatable bonds is 66. The first-order chi connectivity index (χ1) is 53.3. The molecule has 3 fully saturated rings. The van der Waals surface area contributed by atoms with E-state index in [4.69, 9.17) is 28.4 Å². The van der Waals surface area contributed by atoms with E-state index in [1.54, 1.807) is 6.08 Å². The molecule has 0 aromatic carbocycles. The number of allylic oxidation sites excluding steroid dienone is 23. The normalized spacial score (nSPS) is 26.0. The molecule has 3 rings (SSSR count). The third kappa shape index (κ3) is 47.2. The average Bonchev–Trinajstić information content (AvgIpc) is 0.760.